The zero-order valence-electron chi connectivity index (χ0n) is 27.6. The molecule has 0 unspecified atom stereocenters. The number of nitrogens with one attached hydrogen (secondary N) is 1. The minimum Gasteiger partial charge on any atom is -0.487 e. The van der Waals surface area contributed by atoms with Crippen molar-refractivity contribution in [3.63, 3.8) is 0 Å². The number of amidine groups is 1. The monoisotopic (exact) mass is 730 g/mol. The highest BCUT2D eigenvalue weighted by atomic mass is 32.2. The Kier molecular flexibility index (Phi) is 10.7. The van der Waals surface area contributed by atoms with Crippen LogP contribution in [0.1, 0.15) is 70.8 Å². The molecule has 0 aliphatic carbocycles. The van der Waals surface area contributed by atoms with Crippen molar-refractivity contribution in [1.29, 1.82) is 0 Å². The summed E-state index contributed by atoms with van der Waals surface area (Å²) in [6.07, 6.45) is -5.53. The fraction of sp³-hybridized carbons (Fsp3) is 0.500. The zero-order valence-corrected chi connectivity index (χ0v) is 28.4. The second-order valence-electron chi connectivity index (χ2n) is 13.2. The SMILES string of the molecule is Cc1cc(C(=O)N2CCC(C)(O)CC2)cc(C)c1/C=C/SN1CCC2(CC1)N=C(c1cc(OCC(F)(F)C(F)F)cc(C(F)(F)F)c1)NC2=O. The number of ether oxygens (including phenoxy) is 1. The van der Waals surface area contributed by atoms with Crippen molar-refractivity contribution < 1.29 is 50.2 Å². The highest BCUT2D eigenvalue weighted by Gasteiger charge is 2.47. The summed E-state index contributed by atoms with van der Waals surface area (Å²) in [5, 5.41) is 14.6. The Labute approximate surface area is 288 Å². The van der Waals surface area contributed by atoms with Gasteiger partial charge in [0.1, 0.15) is 17.1 Å². The maximum absolute atomic E-state index is 13.6. The van der Waals surface area contributed by atoms with Crippen molar-refractivity contribution in [3.8, 4) is 5.75 Å². The van der Waals surface area contributed by atoms with Crippen LogP contribution in [-0.2, 0) is 11.0 Å². The number of hydrogen-bond acceptors (Lipinski definition) is 7. The summed E-state index contributed by atoms with van der Waals surface area (Å²) in [7, 11) is 0. The normalized spacial score (nSPS) is 19.7. The summed E-state index contributed by atoms with van der Waals surface area (Å²) in [4.78, 5) is 32.4. The fourth-order valence-electron chi connectivity index (χ4n) is 6.10. The van der Waals surface area contributed by atoms with Gasteiger partial charge in [-0.3, -0.25) is 14.6 Å². The molecule has 2 saturated heterocycles. The predicted molar refractivity (Wildman–Crippen MR) is 174 cm³/mol. The van der Waals surface area contributed by atoms with Crippen LogP contribution in [0.2, 0.25) is 0 Å². The number of halogens is 7. The lowest BCUT2D eigenvalue weighted by Crippen LogP contribution is -2.47. The molecule has 272 valence electrons. The summed E-state index contributed by atoms with van der Waals surface area (Å²) in [5.41, 5.74) is -0.183. The molecule has 0 saturated carbocycles. The third kappa shape index (κ3) is 8.45. The largest absolute Gasteiger partial charge is 0.487 e. The number of rotatable bonds is 9. The van der Waals surface area contributed by atoms with Gasteiger partial charge in [-0.15, -0.1) is 0 Å². The second-order valence-corrected chi connectivity index (χ2v) is 14.2. The number of aliphatic hydroxyl groups is 1. The molecule has 5 rings (SSSR count). The molecule has 0 bridgehead atoms. The first-order valence-corrected chi connectivity index (χ1v) is 16.8. The van der Waals surface area contributed by atoms with Crippen LogP contribution in [0.25, 0.3) is 6.08 Å². The first-order chi connectivity index (χ1) is 23.3. The first-order valence-electron chi connectivity index (χ1n) is 15.9. The summed E-state index contributed by atoms with van der Waals surface area (Å²) >= 11 is 1.42. The van der Waals surface area contributed by atoms with E-state index in [0.717, 1.165) is 22.8 Å². The maximum atomic E-state index is 13.6. The standard InChI is InChI=1S/C34H37F7N4O4S/c1-20-14-23(28(46)44-9-5-31(3,48)6-10-44)15-21(2)26(20)4-13-50-45-11-7-32(8-12-45)30(47)42-27(43-32)22-16-24(34(39,40)41)18-25(17-22)49-19-33(37,38)29(35)36/h4,13-18,29,48H,5-12,19H2,1-3H3,(H,42,43,47)/b13-4+. The Bertz CT molecular complexity index is 1650. The van der Waals surface area contributed by atoms with E-state index in [1.165, 1.54) is 11.9 Å². The van der Waals surface area contributed by atoms with Crippen molar-refractivity contribution >= 4 is 35.7 Å². The van der Waals surface area contributed by atoms with E-state index in [1.807, 2.05) is 41.8 Å². The molecule has 2 N–H and O–H groups in total. The maximum Gasteiger partial charge on any atom is 0.416 e. The van der Waals surface area contributed by atoms with Crippen molar-refractivity contribution in [3.05, 3.63) is 69.1 Å². The number of carbonyl (C=O) groups is 2. The van der Waals surface area contributed by atoms with Crippen molar-refractivity contribution in [2.24, 2.45) is 4.99 Å². The van der Waals surface area contributed by atoms with Gasteiger partial charge in [0.15, 0.2) is 6.61 Å². The van der Waals surface area contributed by atoms with E-state index in [0.29, 0.717) is 56.7 Å². The van der Waals surface area contributed by atoms with Crippen LogP contribution < -0.4 is 10.1 Å². The molecule has 0 atom stereocenters. The van der Waals surface area contributed by atoms with Gasteiger partial charge in [0, 0.05) is 37.3 Å². The Hall–Kier alpha value is -3.63. The van der Waals surface area contributed by atoms with E-state index in [1.54, 1.807) is 11.8 Å². The lowest BCUT2D eigenvalue weighted by atomic mass is 9.89. The summed E-state index contributed by atoms with van der Waals surface area (Å²) in [6, 6.07) is 5.74. The van der Waals surface area contributed by atoms with E-state index >= 15 is 0 Å². The van der Waals surface area contributed by atoms with Gasteiger partial charge in [-0.1, -0.05) is 11.9 Å². The van der Waals surface area contributed by atoms with Crippen LogP contribution in [0.15, 0.2) is 40.7 Å². The summed E-state index contributed by atoms with van der Waals surface area (Å²) < 4.78 is 99.4. The highest BCUT2D eigenvalue weighted by molar-refractivity contribution is 8.00. The van der Waals surface area contributed by atoms with E-state index in [4.69, 9.17) is 0 Å². The average molecular weight is 731 g/mol. The number of benzene rings is 2. The number of nitrogens with zero attached hydrogens (tertiary/aromatic N) is 3. The minimum absolute atomic E-state index is 0.0723. The Morgan fingerprint density at radius 1 is 1.02 bits per heavy atom. The van der Waals surface area contributed by atoms with Crippen LogP contribution in [0.5, 0.6) is 5.75 Å². The molecular formula is C34H37F7N4O4S. The number of carbonyl (C=O) groups excluding carboxylic acids is 2. The van der Waals surface area contributed by atoms with Gasteiger partial charge in [0.2, 0.25) is 0 Å². The lowest BCUT2D eigenvalue weighted by molar-refractivity contribution is -0.148. The zero-order chi connectivity index (χ0) is 36.6. The predicted octanol–water partition coefficient (Wildman–Crippen LogP) is 6.62. The molecular weight excluding hydrogens is 693 g/mol. The molecule has 2 aromatic carbocycles. The van der Waals surface area contributed by atoms with Crippen LogP contribution in [-0.4, -0.2) is 88.2 Å². The topological polar surface area (TPSA) is 94.5 Å². The molecule has 16 heteroatoms. The molecule has 2 amide bonds. The van der Waals surface area contributed by atoms with Crippen molar-refractivity contribution in [2.45, 2.75) is 76.1 Å². The Balaban J connectivity index is 1.23. The number of likely N-dealkylation sites (tertiary alicyclic amines) is 1. The minimum atomic E-state index is -4.93. The highest BCUT2D eigenvalue weighted by Crippen LogP contribution is 2.37. The Morgan fingerprint density at radius 3 is 2.22 bits per heavy atom. The number of aliphatic imine (C=N–C) groups is 1. The van der Waals surface area contributed by atoms with Crippen LogP contribution in [0.3, 0.4) is 0 Å². The molecule has 2 fully saturated rings. The molecule has 3 aliphatic heterocycles. The van der Waals surface area contributed by atoms with Gasteiger partial charge in [0.25, 0.3) is 11.8 Å². The third-order valence-corrected chi connectivity index (χ3v) is 10.1. The van der Waals surface area contributed by atoms with Crippen molar-refractivity contribution in [2.75, 3.05) is 32.8 Å². The molecule has 0 radical (unpaired) electrons. The van der Waals surface area contributed by atoms with Crippen molar-refractivity contribution in [1.82, 2.24) is 14.5 Å². The van der Waals surface area contributed by atoms with E-state index in [2.05, 4.69) is 15.0 Å². The van der Waals surface area contributed by atoms with Gasteiger partial charge < -0.3 is 20.1 Å². The molecule has 50 heavy (non-hydrogen) atoms. The van der Waals surface area contributed by atoms with Gasteiger partial charge in [-0.05, 0) is 105 Å². The number of aryl methyl sites for hydroxylation is 2. The molecule has 2 aromatic rings. The third-order valence-electron chi connectivity index (χ3n) is 9.20. The molecule has 8 nitrogen and oxygen atoms in total. The van der Waals surface area contributed by atoms with Crippen LogP contribution in [0, 0.1) is 13.8 Å². The summed E-state index contributed by atoms with van der Waals surface area (Å²) in [5.74, 6) is -6.10. The number of amides is 2. The van der Waals surface area contributed by atoms with Gasteiger partial charge in [-0.2, -0.15) is 22.0 Å². The number of piperidine rings is 2. The van der Waals surface area contributed by atoms with E-state index in [-0.39, 0.29) is 30.1 Å². The van der Waals surface area contributed by atoms with E-state index < -0.39 is 53.5 Å². The second kappa shape index (κ2) is 14.2. The number of alkyl halides is 7. The summed E-state index contributed by atoms with van der Waals surface area (Å²) in [6.45, 7) is 5.58. The molecule has 0 aromatic heterocycles. The van der Waals surface area contributed by atoms with E-state index in [9.17, 15) is 45.4 Å². The van der Waals surface area contributed by atoms with Crippen LogP contribution in [0.4, 0.5) is 30.7 Å². The Morgan fingerprint density at radius 2 is 1.64 bits per heavy atom. The quantitative estimate of drug-likeness (QED) is 0.223. The molecule has 1 spiro atoms. The smallest absolute Gasteiger partial charge is 0.416 e. The van der Waals surface area contributed by atoms with Gasteiger partial charge in [-0.25, -0.2) is 13.1 Å². The molecule has 3 aliphatic rings. The lowest BCUT2D eigenvalue weighted by Gasteiger charge is -2.36. The number of hydrogen-bond donors (Lipinski definition) is 2. The van der Waals surface area contributed by atoms with Gasteiger partial charge in [0.05, 0.1) is 11.2 Å². The first kappa shape index (κ1) is 37.6. The van der Waals surface area contributed by atoms with Gasteiger partial charge >= 0.3 is 18.5 Å². The van der Waals surface area contributed by atoms with Crippen LogP contribution >= 0.6 is 11.9 Å². The molecule has 3 heterocycles. The average Bonchev–Trinajstić information content (AvgIpc) is 3.36. The fourth-order valence-corrected chi connectivity index (χ4v) is 6.86.